The Bertz CT molecular complexity index is 637. The van der Waals surface area contributed by atoms with Gasteiger partial charge in [-0.1, -0.05) is 12.1 Å². The van der Waals surface area contributed by atoms with Crippen molar-refractivity contribution in [2.45, 2.75) is 19.1 Å². The van der Waals surface area contributed by atoms with Gasteiger partial charge in [0.25, 0.3) is 0 Å². The fourth-order valence-corrected chi connectivity index (χ4v) is 2.23. The van der Waals surface area contributed by atoms with Crippen LogP contribution in [-0.4, -0.2) is 30.7 Å². The smallest absolute Gasteiger partial charge is 0.356 e. The predicted molar refractivity (Wildman–Crippen MR) is 104 cm³/mol. The number of aromatic nitrogens is 1. The van der Waals surface area contributed by atoms with Gasteiger partial charge < -0.3 is 15.2 Å². The van der Waals surface area contributed by atoms with Gasteiger partial charge in [-0.15, -0.1) is 24.0 Å². The van der Waals surface area contributed by atoms with Crippen LogP contribution in [0.5, 0.6) is 0 Å². The lowest BCUT2D eigenvalue weighted by Gasteiger charge is -2.12. The number of guanidine groups is 1. The lowest BCUT2D eigenvalue weighted by Crippen LogP contribution is -2.39. The van der Waals surface area contributed by atoms with E-state index in [-0.39, 0.29) is 24.0 Å². The van der Waals surface area contributed by atoms with Crippen molar-refractivity contribution >= 4 is 29.9 Å². The van der Waals surface area contributed by atoms with Gasteiger partial charge in [-0.25, -0.2) is 0 Å². The number of aliphatic imine (C=N–C) groups is 1. The molecular formula is C17H22F3IN4. The quantitative estimate of drug-likeness (QED) is 0.389. The van der Waals surface area contributed by atoms with Crippen LogP contribution < -0.4 is 10.6 Å². The molecule has 0 spiro atoms. The largest absolute Gasteiger partial charge is 0.416 e. The van der Waals surface area contributed by atoms with Crippen molar-refractivity contribution in [2.75, 3.05) is 20.1 Å². The normalized spacial score (nSPS) is 11.8. The first-order valence-corrected chi connectivity index (χ1v) is 7.70. The number of hydrogen-bond donors (Lipinski definition) is 2. The SMILES string of the molecule is CN=C(NCCc1ccc(C(F)(F)F)cc1)NCCn1cccc1.I. The van der Waals surface area contributed by atoms with Crippen LogP contribution in [-0.2, 0) is 19.1 Å². The number of alkyl halides is 3. The molecule has 1 aromatic heterocycles. The zero-order valence-corrected chi connectivity index (χ0v) is 16.2. The summed E-state index contributed by atoms with van der Waals surface area (Å²) in [6.45, 7) is 2.15. The third-order valence-electron chi connectivity index (χ3n) is 3.54. The van der Waals surface area contributed by atoms with Crippen LogP contribution in [0, 0.1) is 0 Å². The van der Waals surface area contributed by atoms with Gasteiger partial charge in [-0.05, 0) is 36.2 Å². The maximum Gasteiger partial charge on any atom is 0.416 e. The predicted octanol–water partition coefficient (Wildman–Crippen LogP) is 3.53. The Morgan fingerprint density at radius 3 is 2.20 bits per heavy atom. The lowest BCUT2D eigenvalue weighted by molar-refractivity contribution is -0.137. The molecule has 0 fully saturated rings. The molecule has 2 rings (SSSR count). The van der Waals surface area contributed by atoms with E-state index in [1.165, 1.54) is 12.1 Å². The van der Waals surface area contributed by atoms with E-state index in [2.05, 4.69) is 20.2 Å². The molecular weight excluding hydrogens is 444 g/mol. The van der Waals surface area contributed by atoms with Crippen LogP contribution in [0.4, 0.5) is 13.2 Å². The minimum atomic E-state index is -4.29. The van der Waals surface area contributed by atoms with Gasteiger partial charge in [-0.2, -0.15) is 13.2 Å². The first-order valence-electron chi connectivity index (χ1n) is 7.70. The minimum absolute atomic E-state index is 0. The van der Waals surface area contributed by atoms with Crippen molar-refractivity contribution < 1.29 is 13.2 Å². The van der Waals surface area contributed by atoms with E-state index >= 15 is 0 Å². The van der Waals surface area contributed by atoms with Crippen LogP contribution in [0.3, 0.4) is 0 Å². The molecule has 1 aromatic carbocycles. The maximum atomic E-state index is 12.5. The molecule has 0 unspecified atom stereocenters. The van der Waals surface area contributed by atoms with E-state index in [1.54, 1.807) is 7.05 Å². The van der Waals surface area contributed by atoms with E-state index in [4.69, 9.17) is 0 Å². The van der Waals surface area contributed by atoms with Gasteiger partial charge in [0.05, 0.1) is 5.56 Å². The van der Waals surface area contributed by atoms with E-state index in [0.29, 0.717) is 18.9 Å². The summed E-state index contributed by atoms with van der Waals surface area (Å²) in [6, 6.07) is 9.17. The Morgan fingerprint density at radius 2 is 1.64 bits per heavy atom. The maximum absolute atomic E-state index is 12.5. The van der Waals surface area contributed by atoms with Crippen molar-refractivity contribution in [3.05, 3.63) is 59.9 Å². The molecule has 25 heavy (non-hydrogen) atoms. The summed E-state index contributed by atoms with van der Waals surface area (Å²) >= 11 is 0. The first kappa shape index (κ1) is 21.3. The number of halogens is 4. The topological polar surface area (TPSA) is 41.4 Å². The van der Waals surface area contributed by atoms with Crippen LogP contribution >= 0.6 is 24.0 Å². The van der Waals surface area contributed by atoms with Crippen molar-refractivity contribution in [1.82, 2.24) is 15.2 Å². The molecule has 0 atom stereocenters. The molecule has 0 bridgehead atoms. The minimum Gasteiger partial charge on any atom is -0.356 e. The Hall–Kier alpha value is -1.71. The highest BCUT2D eigenvalue weighted by Crippen LogP contribution is 2.29. The van der Waals surface area contributed by atoms with Gasteiger partial charge in [0.15, 0.2) is 5.96 Å². The molecule has 0 saturated carbocycles. The molecule has 4 nitrogen and oxygen atoms in total. The highest BCUT2D eigenvalue weighted by atomic mass is 127. The molecule has 2 aromatic rings. The third-order valence-corrected chi connectivity index (χ3v) is 3.54. The Balaban J connectivity index is 0.00000312. The van der Waals surface area contributed by atoms with Crippen molar-refractivity contribution in [3.63, 3.8) is 0 Å². The molecule has 0 aliphatic heterocycles. The summed E-state index contributed by atoms with van der Waals surface area (Å²) < 4.78 is 39.6. The van der Waals surface area contributed by atoms with E-state index in [1.807, 2.05) is 24.5 Å². The Morgan fingerprint density at radius 1 is 1.04 bits per heavy atom. The zero-order chi connectivity index (χ0) is 17.4. The summed E-state index contributed by atoms with van der Waals surface area (Å²) in [5, 5.41) is 6.34. The summed E-state index contributed by atoms with van der Waals surface area (Å²) in [6.07, 6.45) is 0.309. The average molecular weight is 466 g/mol. The van der Waals surface area contributed by atoms with Crippen LogP contribution in [0.15, 0.2) is 53.8 Å². The van der Waals surface area contributed by atoms with Gasteiger partial charge in [0.1, 0.15) is 0 Å². The molecule has 0 aliphatic rings. The highest BCUT2D eigenvalue weighted by molar-refractivity contribution is 14.0. The van der Waals surface area contributed by atoms with Crippen molar-refractivity contribution in [1.29, 1.82) is 0 Å². The van der Waals surface area contributed by atoms with Gasteiger partial charge >= 0.3 is 6.18 Å². The summed E-state index contributed by atoms with van der Waals surface area (Å²) in [4.78, 5) is 4.12. The molecule has 1 heterocycles. The molecule has 0 aliphatic carbocycles. The molecule has 8 heteroatoms. The van der Waals surface area contributed by atoms with Gasteiger partial charge in [-0.3, -0.25) is 4.99 Å². The second kappa shape index (κ2) is 10.3. The van der Waals surface area contributed by atoms with Crippen molar-refractivity contribution in [2.24, 2.45) is 4.99 Å². The Kier molecular flexibility index (Phi) is 8.81. The third kappa shape index (κ3) is 7.37. The summed E-state index contributed by atoms with van der Waals surface area (Å²) in [7, 11) is 1.68. The summed E-state index contributed by atoms with van der Waals surface area (Å²) in [5.74, 6) is 0.675. The molecule has 138 valence electrons. The number of nitrogens with zero attached hydrogens (tertiary/aromatic N) is 2. The zero-order valence-electron chi connectivity index (χ0n) is 13.9. The first-order chi connectivity index (χ1) is 11.5. The molecule has 2 N–H and O–H groups in total. The van der Waals surface area contributed by atoms with Gasteiger partial charge in [0, 0.05) is 39.1 Å². The van der Waals surface area contributed by atoms with E-state index in [0.717, 1.165) is 30.8 Å². The van der Waals surface area contributed by atoms with Crippen LogP contribution in [0.1, 0.15) is 11.1 Å². The van der Waals surface area contributed by atoms with E-state index in [9.17, 15) is 13.2 Å². The monoisotopic (exact) mass is 466 g/mol. The second-order valence-electron chi connectivity index (χ2n) is 5.29. The Labute approximate surface area is 162 Å². The number of nitrogens with one attached hydrogen (secondary N) is 2. The average Bonchev–Trinajstić information content (AvgIpc) is 3.06. The number of benzene rings is 1. The number of hydrogen-bond acceptors (Lipinski definition) is 1. The fraction of sp³-hybridized carbons (Fsp3) is 0.353. The fourth-order valence-electron chi connectivity index (χ4n) is 2.23. The lowest BCUT2D eigenvalue weighted by atomic mass is 10.1. The van der Waals surface area contributed by atoms with Crippen molar-refractivity contribution in [3.8, 4) is 0 Å². The molecule has 0 radical (unpaired) electrons. The van der Waals surface area contributed by atoms with Crippen LogP contribution in [0.25, 0.3) is 0 Å². The van der Waals surface area contributed by atoms with E-state index < -0.39 is 11.7 Å². The number of rotatable bonds is 6. The van der Waals surface area contributed by atoms with Gasteiger partial charge in [0.2, 0.25) is 0 Å². The highest BCUT2D eigenvalue weighted by Gasteiger charge is 2.29. The van der Waals surface area contributed by atoms with Crippen LogP contribution in [0.2, 0.25) is 0 Å². The molecule has 0 amide bonds. The summed E-state index contributed by atoms with van der Waals surface area (Å²) in [5.41, 5.74) is 0.222. The standard InChI is InChI=1S/C17H21F3N4.HI/c1-21-16(23-10-13-24-11-2-3-12-24)22-9-8-14-4-6-15(7-5-14)17(18,19)20;/h2-7,11-12H,8-10,13H2,1H3,(H2,21,22,23);1H. The second-order valence-corrected chi connectivity index (χ2v) is 5.29. The molecule has 0 saturated heterocycles.